The first kappa shape index (κ1) is 10.4. The third-order valence-electron chi connectivity index (χ3n) is 3.07. The van der Waals surface area contributed by atoms with Crippen LogP contribution in [0.3, 0.4) is 0 Å². The minimum absolute atomic E-state index is 0.123. The van der Waals surface area contributed by atoms with E-state index < -0.39 is 0 Å². The van der Waals surface area contributed by atoms with E-state index >= 15 is 0 Å². The number of nitrogens with one attached hydrogen (secondary N) is 1. The molecule has 1 aromatic heterocycles. The van der Waals surface area contributed by atoms with Crippen LogP contribution in [-0.4, -0.2) is 34.7 Å². The summed E-state index contributed by atoms with van der Waals surface area (Å²) >= 11 is 0. The molecule has 0 saturated carbocycles. The Balaban J connectivity index is 2.09. The maximum atomic E-state index is 10.9. The molecule has 4 heteroatoms. The Morgan fingerprint density at radius 1 is 1.60 bits per heavy atom. The summed E-state index contributed by atoms with van der Waals surface area (Å²) in [6.45, 7) is 5.54. The molecule has 2 heterocycles. The lowest BCUT2D eigenvalue weighted by molar-refractivity contribution is 0.215. The van der Waals surface area contributed by atoms with Crippen LogP contribution in [0.5, 0.6) is 0 Å². The Morgan fingerprint density at radius 2 is 2.47 bits per heavy atom. The van der Waals surface area contributed by atoms with Crippen molar-refractivity contribution in [3.05, 3.63) is 28.2 Å². The second kappa shape index (κ2) is 4.57. The predicted octanol–water partition coefficient (Wildman–Crippen LogP) is 0.969. The zero-order valence-corrected chi connectivity index (χ0v) is 9.07. The summed E-state index contributed by atoms with van der Waals surface area (Å²) in [5.41, 5.74) is 0.898. The van der Waals surface area contributed by atoms with Gasteiger partial charge >= 0.3 is 0 Å². The average Bonchev–Trinajstić information content (AvgIpc) is 2.30. The highest BCUT2D eigenvalue weighted by atomic mass is 16.1. The highest BCUT2D eigenvalue weighted by molar-refractivity contribution is 5.08. The number of hydrogen-bond donors (Lipinski definition) is 1. The van der Waals surface area contributed by atoms with Gasteiger partial charge in [0, 0.05) is 18.5 Å². The first-order chi connectivity index (χ1) is 7.29. The Kier molecular flexibility index (Phi) is 3.16. The number of aromatic amines is 1. The van der Waals surface area contributed by atoms with Crippen LogP contribution in [0.4, 0.5) is 0 Å². The van der Waals surface area contributed by atoms with Crippen molar-refractivity contribution >= 4 is 0 Å². The third kappa shape index (κ3) is 2.45. The quantitative estimate of drug-likeness (QED) is 0.786. The number of H-pyrrole nitrogens is 1. The van der Waals surface area contributed by atoms with Gasteiger partial charge in [0.2, 0.25) is 0 Å². The molecule has 1 N–H and O–H groups in total. The lowest BCUT2D eigenvalue weighted by Gasteiger charge is -2.31. The summed E-state index contributed by atoms with van der Waals surface area (Å²) in [5.74, 6) is 0.482. The predicted molar refractivity (Wildman–Crippen MR) is 58.9 cm³/mol. The van der Waals surface area contributed by atoms with Gasteiger partial charge in [0.25, 0.3) is 5.56 Å². The van der Waals surface area contributed by atoms with Crippen molar-refractivity contribution in [2.24, 2.45) is 0 Å². The highest BCUT2D eigenvalue weighted by Crippen LogP contribution is 2.24. The van der Waals surface area contributed by atoms with Gasteiger partial charge in [-0.1, -0.05) is 6.92 Å². The van der Waals surface area contributed by atoms with Crippen molar-refractivity contribution in [2.75, 3.05) is 19.6 Å². The van der Waals surface area contributed by atoms with Gasteiger partial charge in [-0.25, -0.2) is 5.10 Å². The largest absolute Gasteiger partial charge is 0.303 e. The zero-order valence-electron chi connectivity index (χ0n) is 9.07. The third-order valence-corrected chi connectivity index (χ3v) is 3.07. The first-order valence-corrected chi connectivity index (χ1v) is 5.57. The van der Waals surface area contributed by atoms with E-state index in [2.05, 4.69) is 22.0 Å². The normalized spacial score (nSPS) is 22.9. The van der Waals surface area contributed by atoms with Crippen LogP contribution in [0.15, 0.2) is 16.9 Å². The van der Waals surface area contributed by atoms with Crippen LogP contribution in [0.25, 0.3) is 0 Å². The van der Waals surface area contributed by atoms with Gasteiger partial charge in [-0.2, -0.15) is 5.10 Å². The Labute approximate surface area is 89.3 Å². The topological polar surface area (TPSA) is 49.0 Å². The number of rotatable bonds is 2. The van der Waals surface area contributed by atoms with Crippen LogP contribution < -0.4 is 5.56 Å². The van der Waals surface area contributed by atoms with Crippen molar-refractivity contribution < 1.29 is 0 Å². The summed E-state index contributed by atoms with van der Waals surface area (Å²) in [4.78, 5) is 13.3. The Hall–Kier alpha value is -1.16. The summed E-state index contributed by atoms with van der Waals surface area (Å²) in [6, 6.07) is 3.41. The number of likely N-dealkylation sites (N-methyl/N-ethyl adjacent to an activating group) is 1. The smallest absolute Gasteiger partial charge is 0.264 e. The molecule has 4 nitrogen and oxygen atoms in total. The molecule has 0 amide bonds. The molecule has 0 bridgehead atoms. The van der Waals surface area contributed by atoms with E-state index in [9.17, 15) is 4.79 Å². The molecule has 1 unspecified atom stereocenters. The van der Waals surface area contributed by atoms with Crippen LogP contribution in [0.2, 0.25) is 0 Å². The van der Waals surface area contributed by atoms with Crippen LogP contribution >= 0.6 is 0 Å². The second-order valence-electron chi connectivity index (χ2n) is 4.08. The van der Waals surface area contributed by atoms with Crippen molar-refractivity contribution in [3.8, 4) is 0 Å². The first-order valence-electron chi connectivity index (χ1n) is 5.57. The van der Waals surface area contributed by atoms with Crippen LogP contribution in [-0.2, 0) is 0 Å². The molecule has 0 aliphatic carbocycles. The summed E-state index contributed by atoms with van der Waals surface area (Å²) in [5, 5.41) is 6.61. The fourth-order valence-corrected chi connectivity index (χ4v) is 2.17. The Bertz CT molecular complexity index is 354. The molecule has 1 saturated heterocycles. The zero-order chi connectivity index (χ0) is 10.7. The second-order valence-corrected chi connectivity index (χ2v) is 4.08. The van der Waals surface area contributed by atoms with E-state index in [0.29, 0.717) is 5.92 Å². The molecule has 1 aliphatic heterocycles. The van der Waals surface area contributed by atoms with E-state index in [1.165, 1.54) is 19.4 Å². The van der Waals surface area contributed by atoms with E-state index in [-0.39, 0.29) is 5.56 Å². The van der Waals surface area contributed by atoms with Gasteiger partial charge in [-0.15, -0.1) is 0 Å². The summed E-state index contributed by atoms with van der Waals surface area (Å²) in [7, 11) is 0. The van der Waals surface area contributed by atoms with Crippen molar-refractivity contribution in [3.63, 3.8) is 0 Å². The molecule has 1 fully saturated rings. The van der Waals surface area contributed by atoms with Gasteiger partial charge in [-0.05, 0) is 32.0 Å². The number of nitrogens with zero attached hydrogens (tertiary/aromatic N) is 2. The SMILES string of the molecule is CCN1CCCC(c2ccc(=O)[nH]n2)C1. The van der Waals surface area contributed by atoms with Gasteiger partial charge in [0.1, 0.15) is 0 Å². The Morgan fingerprint density at radius 3 is 3.13 bits per heavy atom. The number of likely N-dealkylation sites (tertiary alicyclic amines) is 1. The van der Waals surface area contributed by atoms with E-state index in [0.717, 1.165) is 18.8 Å². The fourth-order valence-electron chi connectivity index (χ4n) is 2.17. The minimum Gasteiger partial charge on any atom is -0.303 e. The number of piperidine rings is 1. The molecule has 1 aliphatic rings. The molecule has 0 aromatic carbocycles. The number of hydrogen-bond acceptors (Lipinski definition) is 3. The lowest BCUT2D eigenvalue weighted by Crippen LogP contribution is -2.34. The van der Waals surface area contributed by atoms with Crippen LogP contribution in [0, 0.1) is 0 Å². The molecule has 15 heavy (non-hydrogen) atoms. The van der Waals surface area contributed by atoms with E-state index in [4.69, 9.17) is 0 Å². The number of aromatic nitrogens is 2. The van der Waals surface area contributed by atoms with Gasteiger partial charge in [0.05, 0.1) is 5.69 Å². The lowest BCUT2D eigenvalue weighted by atomic mass is 9.95. The van der Waals surface area contributed by atoms with Crippen molar-refractivity contribution in [1.29, 1.82) is 0 Å². The molecule has 0 radical (unpaired) electrons. The molecule has 82 valence electrons. The fraction of sp³-hybridized carbons (Fsp3) is 0.636. The van der Waals surface area contributed by atoms with Gasteiger partial charge in [0.15, 0.2) is 0 Å². The molecule has 0 spiro atoms. The minimum atomic E-state index is -0.123. The standard InChI is InChI=1S/C11H17N3O/c1-2-14-7-3-4-9(8-14)10-5-6-11(15)13-12-10/h5-6,9H,2-4,7-8H2,1H3,(H,13,15). The average molecular weight is 207 g/mol. The van der Waals surface area contributed by atoms with Crippen molar-refractivity contribution in [2.45, 2.75) is 25.7 Å². The molecule has 1 aromatic rings. The molecular weight excluding hydrogens is 190 g/mol. The van der Waals surface area contributed by atoms with E-state index in [1.807, 2.05) is 6.07 Å². The van der Waals surface area contributed by atoms with Crippen molar-refractivity contribution in [1.82, 2.24) is 15.1 Å². The molecule has 2 rings (SSSR count). The maximum Gasteiger partial charge on any atom is 0.264 e. The van der Waals surface area contributed by atoms with Crippen LogP contribution in [0.1, 0.15) is 31.4 Å². The summed E-state index contributed by atoms with van der Waals surface area (Å²) < 4.78 is 0. The van der Waals surface area contributed by atoms with Gasteiger partial charge < -0.3 is 4.90 Å². The maximum absolute atomic E-state index is 10.9. The monoisotopic (exact) mass is 207 g/mol. The van der Waals surface area contributed by atoms with Gasteiger partial charge in [-0.3, -0.25) is 4.79 Å². The molecular formula is C11H17N3O. The van der Waals surface area contributed by atoms with E-state index in [1.54, 1.807) is 6.07 Å². The summed E-state index contributed by atoms with van der Waals surface area (Å²) in [6.07, 6.45) is 2.40. The highest BCUT2D eigenvalue weighted by Gasteiger charge is 2.21. The molecule has 1 atom stereocenters.